The summed E-state index contributed by atoms with van der Waals surface area (Å²) in [6.45, 7) is 5.01. The Labute approximate surface area is 120 Å². The monoisotopic (exact) mass is 283 g/mol. The first-order valence-electron chi connectivity index (χ1n) is 7.25. The van der Waals surface area contributed by atoms with Gasteiger partial charge in [-0.3, -0.25) is 5.32 Å². The predicted molar refractivity (Wildman–Crippen MR) is 81.9 cm³/mol. The molecule has 1 rings (SSSR count). The van der Waals surface area contributed by atoms with Crippen molar-refractivity contribution in [2.75, 3.05) is 11.9 Å². The Bertz CT molecular complexity index is 365. The van der Waals surface area contributed by atoms with Crippen molar-refractivity contribution < 1.29 is 4.79 Å². The molecule has 4 nitrogen and oxygen atoms in total. The second kappa shape index (κ2) is 9.78. The molecular weight excluding hydrogens is 258 g/mol. The number of thiazole rings is 1. The van der Waals surface area contributed by atoms with E-state index in [4.69, 9.17) is 0 Å². The van der Waals surface area contributed by atoms with Gasteiger partial charge in [-0.1, -0.05) is 46.0 Å². The van der Waals surface area contributed by atoms with Crippen molar-refractivity contribution in [3.8, 4) is 0 Å². The molecule has 1 heterocycles. The summed E-state index contributed by atoms with van der Waals surface area (Å²) in [5.41, 5.74) is 1.02. The molecule has 0 aromatic carbocycles. The lowest BCUT2D eigenvalue weighted by atomic mass is 10.1. The minimum Gasteiger partial charge on any atom is -0.338 e. The third-order valence-corrected chi connectivity index (χ3v) is 3.76. The quantitative estimate of drug-likeness (QED) is 0.668. The average Bonchev–Trinajstić information content (AvgIpc) is 2.85. The number of nitrogens with zero attached hydrogens (tertiary/aromatic N) is 1. The largest absolute Gasteiger partial charge is 0.338 e. The Morgan fingerprint density at radius 2 is 1.95 bits per heavy atom. The van der Waals surface area contributed by atoms with Gasteiger partial charge < -0.3 is 5.32 Å². The molecule has 108 valence electrons. The molecule has 0 saturated carbocycles. The number of nitrogens with one attached hydrogen (secondary N) is 2. The van der Waals surface area contributed by atoms with Crippen molar-refractivity contribution in [2.45, 2.75) is 58.8 Å². The Kier molecular flexibility index (Phi) is 8.21. The zero-order chi connectivity index (χ0) is 13.9. The number of hydrogen-bond donors (Lipinski definition) is 2. The fraction of sp³-hybridized carbons (Fsp3) is 0.714. The van der Waals surface area contributed by atoms with Gasteiger partial charge in [0.15, 0.2) is 5.13 Å². The molecule has 0 atom stereocenters. The zero-order valence-corrected chi connectivity index (χ0v) is 12.8. The Morgan fingerprint density at radius 3 is 2.63 bits per heavy atom. The van der Waals surface area contributed by atoms with Crippen LogP contribution in [0.4, 0.5) is 9.93 Å². The van der Waals surface area contributed by atoms with Crippen LogP contribution in [0.3, 0.4) is 0 Å². The molecule has 0 spiro atoms. The molecule has 5 heteroatoms. The number of aromatic nitrogens is 1. The highest BCUT2D eigenvalue weighted by molar-refractivity contribution is 7.13. The highest BCUT2D eigenvalue weighted by Gasteiger charge is 2.04. The third kappa shape index (κ3) is 7.15. The van der Waals surface area contributed by atoms with Gasteiger partial charge in [0.05, 0.1) is 5.69 Å². The van der Waals surface area contributed by atoms with Gasteiger partial charge in [0, 0.05) is 11.9 Å². The smallest absolute Gasteiger partial charge is 0.321 e. The van der Waals surface area contributed by atoms with Crippen LogP contribution < -0.4 is 10.6 Å². The molecule has 1 aromatic heterocycles. The van der Waals surface area contributed by atoms with E-state index in [0.717, 1.165) is 25.1 Å². The van der Waals surface area contributed by atoms with Gasteiger partial charge in [-0.2, -0.15) is 0 Å². The first kappa shape index (κ1) is 16.0. The summed E-state index contributed by atoms with van der Waals surface area (Å²) in [4.78, 5) is 15.9. The second-order valence-electron chi connectivity index (χ2n) is 4.65. The maximum absolute atomic E-state index is 11.6. The van der Waals surface area contributed by atoms with E-state index >= 15 is 0 Å². The van der Waals surface area contributed by atoms with Crippen LogP contribution in [0.2, 0.25) is 0 Å². The van der Waals surface area contributed by atoms with Crippen LogP contribution in [0.25, 0.3) is 0 Å². The summed E-state index contributed by atoms with van der Waals surface area (Å²) in [6.07, 6.45) is 8.31. The molecular formula is C14H25N3OS. The summed E-state index contributed by atoms with van der Waals surface area (Å²) < 4.78 is 0. The molecule has 19 heavy (non-hydrogen) atoms. The van der Waals surface area contributed by atoms with Crippen molar-refractivity contribution in [3.63, 3.8) is 0 Å². The molecule has 0 unspecified atom stereocenters. The van der Waals surface area contributed by atoms with E-state index in [1.807, 2.05) is 5.38 Å². The molecule has 0 aliphatic rings. The number of hydrogen-bond acceptors (Lipinski definition) is 3. The van der Waals surface area contributed by atoms with Crippen LogP contribution >= 0.6 is 11.3 Å². The van der Waals surface area contributed by atoms with E-state index in [-0.39, 0.29) is 6.03 Å². The summed E-state index contributed by atoms with van der Waals surface area (Å²) in [5, 5.41) is 8.28. The number of carbonyl (C=O) groups excluding carboxylic acids is 1. The summed E-state index contributed by atoms with van der Waals surface area (Å²) in [7, 11) is 0. The molecule has 2 N–H and O–H groups in total. The highest BCUT2D eigenvalue weighted by atomic mass is 32.1. The average molecular weight is 283 g/mol. The van der Waals surface area contributed by atoms with Crippen molar-refractivity contribution >= 4 is 22.5 Å². The van der Waals surface area contributed by atoms with Gasteiger partial charge in [0.25, 0.3) is 0 Å². The number of unbranched alkanes of at least 4 members (excludes halogenated alkanes) is 5. The number of carbonyl (C=O) groups is 1. The van der Waals surface area contributed by atoms with Crippen molar-refractivity contribution in [3.05, 3.63) is 11.1 Å². The van der Waals surface area contributed by atoms with E-state index in [1.54, 1.807) is 0 Å². The van der Waals surface area contributed by atoms with E-state index in [1.165, 1.54) is 43.4 Å². The fourth-order valence-electron chi connectivity index (χ4n) is 1.78. The van der Waals surface area contributed by atoms with Gasteiger partial charge >= 0.3 is 6.03 Å². The molecule has 0 radical (unpaired) electrons. The van der Waals surface area contributed by atoms with Gasteiger partial charge in [-0.25, -0.2) is 9.78 Å². The van der Waals surface area contributed by atoms with Crippen molar-refractivity contribution in [2.24, 2.45) is 0 Å². The molecule has 1 aromatic rings. The summed E-state index contributed by atoms with van der Waals surface area (Å²) >= 11 is 1.47. The van der Waals surface area contributed by atoms with Gasteiger partial charge in [-0.05, 0) is 12.8 Å². The number of rotatable bonds is 9. The maximum atomic E-state index is 11.6. The molecule has 2 amide bonds. The van der Waals surface area contributed by atoms with Crippen LogP contribution in [0.1, 0.15) is 58.1 Å². The Hall–Kier alpha value is -1.10. The van der Waals surface area contributed by atoms with Crippen LogP contribution in [-0.2, 0) is 6.42 Å². The van der Waals surface area contributed by atoms with Gasteiger partial charge in [0.2, 0.25) is 0 Å². The predicted octanol–water partition coefficient (Wildman–Crippen LogP) is 4.19. The van der Waals surface area contributed by atoms with Crippen molar-refractivity contribution in [1.29, 1.82) is 0 Å². The van der Waals surface area contributed by atoms with Crippen LogP contribution in [0.5, 0.6) is 0 Å². The van der Waals surface area contributed by atoms with Gasteiger partial charge in [0.1, 0.15) is 0 Å². The topological polar surface area (TPSA) is 54.0 Å². The lowest BCUT2D eigenvalue weighted by Gasteiger charge is -2.05. The fourth-order valence-corrected chi connectivity index (χ4v) is 2.56. The Morgan fingerprint density at radius 1 is 1.21 bits per heavy atom. The maximum Gasteiger partial charge on any atom is 0.321 e. The molecule has 0 bridgehead atoms. The van der Waals surface area contributed by atoms with Gasteiger partial charge in [-0.15, -0.1) is 11.3 Å². The number of aryl methyl sites for hydroxylation is 1. The lowest BCUT2D eigenvalue weighted by Crippen LogP contribution is -2.29. The molecule has 0 aliphatic heterocycles. The van der Waals surface area contributed by atoms with Crippen LogP contribution in [0.15, 0.2) is 5.38 Å². The molecule has 0 fully saturated rings. The number of anilines is 1. The first-order valence-corrected chi connectivity index (χ1v) is 8.13. The zero-order valence-electron chi connectivity index (χ0n) is 12.0. The number of urea groups is 1. The summed E-state index contributed by atoms with van der Waals surface area (Å²) in [6, 6.07) is -0.148. The first-order chi connectivity index (χ1) is 9.26. The molecule has 0 aliphatic carbocycles. The minimum atomic E-state index is -0.148. The standard InChI is InChI=1S/C14H25N3OS/c1-3-5-6-7-8-9-10-15-13(18)17-14-16-12(4-2)11-19-14/h11H,3-10H2,1-2H3,(H2,15,16,17,18). The van der Waals surface area contributed by atoms with E-state index in [2.05, 4.69) is 29.5 Å². The van der Waals surface area contributed by atoms with E-state index < -0.39 is 0 Å². The third-order valence-electron chi connectivity index (χ3n) is 2.95. The second-order valence-corrected chi connectivity index (χ2v) is 5.50. The Balaban J connectivity index is 2.04. The van der Waals surface area contributed by atoms with Crippen LogP contribution in [-0.4, -0.2) is 17.6 Å². The SMILES string of the molecule is CCCCCCCCNC(=O)Nc1nc(CC)cs1. The summed E-state index contributed by atoms with van der Waals surface area (Å²) in [5.74, 6) is 0. The lowest BCUT2D eigenvalue weighted by molar-refractivity contribution is 0.252. The van der Waals surface area contributed by atoms with E-state index in [9.17, 15) is 4.79 Å². The van der Waals surface area contributed by atoms with Crippen LogP contribution in [0, 0.1) is 0 Å². The number of amides is 2. The minimum absolute atomic E-state index is 0.148. The van der Waals surface area contributed by atoms with E-state index in [0.29, 0.717) is 5.13 Å². The normalized spacial score (nSPS) is 10.4. The highest BCUT2D eigenvalue weighted by Crippen LogP contribution is 2.15. The van der Waals surface area contributed by atoms with Crippen molar-refractivity contribution in [1.82, 2.24) is 10.3 Å². The molecule has 0 saturated heterocycles.